The standard InChI is InChI=1S/C16H23N5S/c1-14(2)20-12-17-21(16(20)22)13-18-8-10-19(11-9-18)15-6-4-3-5-7-15/h3-7,12,14H,8-11,13H2,1-2H3. The van der Waals surface area contributed by atoms with Crippen molar-refractivity contribution in [1.82, 2.24) is 19.2 Å². The zero-order chi connectivity index (χ0) is 15.5. The molecule has 3 rings (SSSR count). The Morgan fingerprint density at radius 2 is 1.77 bits per heavy atom. The molecule has 1 aromatic carbocycles. The van der Waals surface area contributed by atoms with Gasteiger partial charge >= 0.3 is 0 Å². The minimum absolute atomic E-state index is 0.358. The number of benzene rings is 1. The van der Waals surface area contributed by atoms with Gasteiger partial charge in [-0.3, -0.25) is 4.90 Å². The molecule has 1 saturated heterocycles. The van der Waals surface area contributed by atoms with Crippen LogP contribution in [-0.4, -0.2) is 45.4 Å². The van der Waals surface area contributed by atoms with E-state index in [1.54, 1.807) is 0 Å². The molecule has 0 atom stereocenters. The molecule has 0 unspecified atom stereocenters. The van der Waals surface area contributed by atoms with Crippen LogP contribution < -0.4 is 4.90 Å². The minimum atomic E-state index is 0.358. The second-order valence-corrected chi connectivity index (χ2v) is 6.36. The van der Waals surface area contributed by atoms with Gasteiger partial charge in [-0.1, -0.05) is 18.2 Å². The van der Waals surface area contributed by atoms with E-state index in [-0.39, 0.29) is 0 Å². The summed E-state index contributed by atoms with van der Waals surface area (Å²) < 4.78 is 4.77. The van der Waals surface area contributed by atoms with Crippen LogP contribution >= 0.6 is 12.2 Å². The summed E-state index contributed by atoms with van der Waals surface area (Å²) in [5, 5.41) is 4.43. The smallest absolute Gasteiger partial charge is 0.199 e. The van der Waals surface area contributed by atoms with E-state index in [9.17, 15) is 0 Å². The fraction of sp³-hybridized carbons (Fsp3) is 0.500. The van der Waals surface area contributed by atoms with Crippen LogP contribution in [0.3, 0.4) is 0 Å². The zero-order valence-electron chi connectivity index (χ0n) is 13.2. The zero-order valence-corrected chi connectivity index (χ0v) is 14.0. The van der Waals surface area contributed by atoms with Crippen molar-refractivity contribution < 1.29 is 0 Å². The number of anilines is 1. The number of nitrogens with zero attached hydrogens (tertiary/aromatic N) is 5. The highest BCUT2D eigenvalue weighted by atomic mass is 32.1. The summed E-state index contributed by atoms with van der Waals surface area (Å²) in [6, 6.07) is 11.0. The first-order valence-electron chi connectivity index (χ1n) is 7.81. The van der Waals surface area contributed by atoms with Crippen LogP contribution in [0.25, 0.3) is 0 Å². The SMILES string of the molecule is CC(C)n1cnn(CN2CCN(c3ccccc3)CC2)c1=S. The van der Waals surface area contributed by atoms with Crippen molar-refractivity contribution >= 4 is 17.9 Å². The third-order valence-corrected chi connectivity index (χ3v) is 4.56. The summed E-state index contributed by atoms with van der Waals surface area (Å²) in [6.45, 7) is 9.18. The highest BCUT2D eigenvalue weighted by Gasteiger charge is 2.18. The summed E-state index contributed by atoms with van der Waals surface area (Å²) in [5.74, 6) is 0. The Balaban J connectivity index is 1.59. The van der Waals surface area contributed by atoms with Crippen molar-refractivity contribution in [2.75, 3.05) is 31.1 Å². The van der Waals surface area contributed by atoms with Gasteiger partial charge in [-0.25, -0.2) is 4.68 Å². The Labute approximate surface area is 136 Å². The second kappa shape index (κ2) is 6.62. The summed E-state index contributed by atoms with van der Waals surface area (Å²) >= 11 is 5.50. The lowest BCUT2D eigenvalue weighted by Crippen LogP contribution is -2.47. The molecule has 6 heteroatoms. The van der Waals surface area contributed by atoms with Gasteiger partial charge < -0.3 is 9.47 Å². The highest BCUT2D eigenvalue weighted by Crippen LogP contribution is 2.16. The molecule has 0 aliphatic carbocycles. The summed E-state index contributed by atoms with van der Waals surface area (Å²) in [4.78, 5) is 4.84. The lowest BCUT2D eigenvalue weighted by Gasteiger charge is -2.35. The van der Waals surface area contributed by atoms with Gasteiger partial charge in [-0.15, -0.1) is 0 Å². The van der Waals surface area contributed by atoms with E-state index in [0.29, 0.717) is 6.04 Å². The van der Waals surface area contributed by atoms with E-state index in [0.717, 1.165) is 37.6 Å². The maximum atomic E-state index is 5.50. The van der Waals surface area contributed by atoms with Crippen molar-refractivity contribution in [1.29, 1.82) is 0 Å². The van der Waals surface area contributed by atoms with Crippen LogP contribution in [0.1, 0.15) is 19.9 Å². The quantitative estimate of drug-likeness (QED) is 0.811. The predicted molar refractivity (Wildman–Crippen MR) is 91.7 cm³/mol. The molecule has 0 bridgehead atoms. The lowest BCUT2D eigenvalue weighted by atomic mass is 10.2. The van der Waals surface area contributed by atoms with Crippen molar-refractivity contribution in [3.05, 3.63) is 41.4 Å². The molecule has 2 aromatic rings. The molecule has 1 aromatic heterocycles. The van der Waals surface area contributed by atoms with Crippen LogP contribution in [0.15, 0.2) is 36.7 Å². The number of para-hydroxylation sites is 1. The molecule has 0 radical (unpaired) electrons. The first-order valence-corrected chi connectivity index (χ1v) is 8.22. The summed E-state index contributed by atoms with van der Waals surface area (Å²) in [6.07, 6.45) is 1.84. The van der Waals surface area contributed by atoms with Crippen LogP contribution in [-0.2, 0) is 6.67 Å². The Morgan fingerprint density at radius 1 is 1.09 bits per heavy atom. The van der Waals surface area contributed by atoms with E-state index in [2.05, 4.69) is 59.1 Å². The largest absolute Gasteiger partial charge is 0.369 e. The first-order chi connectivity index (χ1) is 10.6. The van der Waals surface area contributed by atoms with E-state index >= 15 is 0 Å². The Morgan fingerprint density at radius 3 is 2.36 bits per heavy atom. The fourth-order valence-electron chi connectivity index (χ4n) is 2.78. The third kappa shape index (κ3) is 3.23. The molecule has 5 nitrogen and oxygen atoms in total. The fourth-order valence-corrected chi connectivity index (χ4v) is 3.14. The average Bonchev–Trinajstić information content (AvgIpc) is 2.90. The second-order valence-electron chi connectivity index (χ2n) is 6.00. The van der Waals surface area contributed by atoms with Crippen molar-refractivity contribution in [3.63, 3.8) is 0 Å². The van der Waals surface area contributed by atoms with Gasteiger partial charge in [-0.2, -0.15) is 5.10 Å². The molecule has 0 N–H and O–H groups in total. The maximum absolute atomic E-state index is 5.50. The number of rotatable bonds is 4. The minimum Gasteiger partial charge on any atom is -0.369 e. The van der Waals surface area contributed by atoms with Gasteiger partial charge in [0.1, 0.15) is 6.33 Å². The van der Waals surface area contributed by atoms with Gasteiger partial charge in [0, 0.05) is 37.9 Å². The topological polar surface area (TPSA) is 29.2 Å². The van der Waals surface area contributed by atoms with Crippen LogP contribution in [0, 0.1) is 4.77 Å². The molecule has 22 heavy (non-hydrogen) atoms. The van der Waals surface area contributed by atoms with Crippen molar-refractivity contribution in [2.24, 2.45) is 0 Å². The highest BCUT2D eigenvalue weighted by molar-refractivity contribution is 7.71. The number of piperazine rings is 1. The van der Waals surface area contributed by atoms with E-state index in [1.807, 2.05) is 15.6 Å². The molecular formula is C16H23N5S. The first kappa shape index (κ1) is 15.2. The van der Waals surface area contributed by atoms with Gasteiger partial charge in [0.25, 0.3) is 0 Å². The summed E-state index contributed by atoms with van der Waals surface area (Å²) in [7, 11) is 0. The van der Waals surface area contributed by atoms with E-state index in [4.69, 9.17) is 12.2 Å². The van der Waals surface area contributed by atoms with E-state index < -0.39 is 0 Å². The van der Waals surface area contributed by atoms with Crippen LogP contribution in [0.4, 0.5) is 5.69 Å². The molecule has 0 amide bonds. The molecule has 118 valence electrons. The molecule has 2 heterocycles. The molecule has 0 saturated carbocycles. The summed E-state index contributed by atoms with van der Waals surface area (Å²) in [5.41, 5.74) is 1.31. The molecule has 1 aliphatic rings. The Kier molecular flexibility index (Phi) is 4.59. The van der Waals surface area contributed by atoms with Gasteiger partial charge in [0.2, 0.25) is 0 Å². The molecule has 1 aliphatic heterocycles. The lowest BCUT2D eigenvalue weighted by molar-refractivity contribution is 0.194. The Hall–Kier alpha value is -1.66. The predicted octanol–water partition coefficient (Wildman–Crippen LogP) is 2.77. The number of hydrogen-bond acceptors (Lipinski definition) is 4. The molecule has 0 spiro atoms. The normalized spacial score (nSPS) is 16.4. The Bertz CT molecular complexity index is 653. The van der Waals surface area contributed by atoms with Gasteiger partial charge in [-0.05, 0) is 38.2 Å². The average molecular weight is 317 g/mol. The number of hydrogen-bond donors (Lipinski definition) is 0. The van der Waals surface area contributed by atoms with Crippen LogP contribution in [0.2, 0.25) is 0 Å². The van der Waals surface area contributed by atoms with Gasteiger partial charge in [0.15, 0.2) is 4.77 Å². The molecular weight excluding hydrogens is 294 g/mol. The monoisotopic (exact) mass is 317 g/mol. The van der Waals surface area contributed by atoms with Crippen molar-refractivity contribution in [3.8, 4) is 0 Å². The third-order valence-electron chi connectivity index (χ3n) is 4.14. The van der Waals surface area contributed by atoms with Gasteiger partial charge in [0.05, 0.1) is 6.67 Å². The maximum Gasteiger partial charge on any atom is 0.199 e. The van der Waals surface area contributed by atoms with Crippen LogP contribution in [0.5, 0.6) is 0 Å². The number of aromatic nitrogens is 3. The van der Waals surface area contributed by atoms with Crippen molar-refractivity contribution in [2.45, 2.75) is 26.6 Å². The molecule has 1 fully saturated rings. The van der Waals surface area contributed by atoms with E-state index in [1.165, 1.54) is 5.69 Å².